The lowest BCUT2D eigenvalue weighted by molar-refractivity contribution is 0.404. The van der Waals surface area contributed by atoms with Crippen molar-refractivity contribution in [2.75, 3.05) is 20.8 Å². The van der Waals surface area contributed by atoms with Crippen molar-refractivity contribution in [3.63, 3.8) is 0 Å². The topological polar surface area (TPSA) is 79.1 Å². The second-order valence-electron chi connectivity index (χ2n) is 9.02. The van der Waals surface area contributed by atoms with E-state index in [4.69, 9.17) is 24.1 Å². The molecular formula is C32H27N5O3S. The van der Waals surface area contributed by atoms with Crippen LogP contribution in [0.25, 0.3) is 39.4 Å². The van der Waals surface area contributed by atoms with E-state index in [1.54, 1.807) is 31.2 Å². The van der Waals surface area contributed by atoms with E-state index in [0.717, 1.165) is 33.5 Å². The smallest absolute Gasteiger partial charge is 0.206 e. The predicted molar refractivity (Wildman–Crippen MR) is 163 cm³/mol. The first-order valence-electron chi connectivity index (χ1n) is 12.9. The molecule has 0 spiro atoms. The summed E-state index contributed by atoms with van der Waals surface area (Å²) in [5.41, 5.74) is 4.82. The number of nitrogens with zero attached hydrogens (tertiary/aromatic N) is 5. The highest BCUT2D eigenvalue weighted by Crippen LogP contribution is 2.34. The molecule has 0 atom stereocenters. The third-order valence-corrected chi connectivity index (χ3v) is 7.31. The summed E-state index contributed by atoms with van der Waals surface area (Å²) in [6, 6.07) is 25.5. The van der Waals surface area contributed by atoms with E-state index in [1.165, 1.54) is 11.3 Å². The summed E-state index contributed by atoms with van der Waals surface area (Å²) in [5, 5.41) is 12.8. The van der Waals surface area contributed by atoms with Crippen LogP contribution in [-0.4, -0.2) is 41.4 Å². The van der Waals surface area contributed by atoms with Crippen LogP contribution >= 0.6 is 11.3 Å². The van der Waals surface area contributed by atoms with E-state index in [9.17, 15) is 0 Å². The molecule has 0 N–H and O–H groups in total. The third kappa shape index (κ3) is 5.22. The zero-order chi connectivity index (χ0) is 28.2. The predicted octanol–water partition coefficient (Wildman–Crippen LogP) is 6.80. The number of hydrogen-bond donors (Lipinski definition) is 0. The van der Waals surface area contributed by atoms with Crippen molar-refractivity contribution in [1.29, 1.82) is 0 Å². The van der Waals surface area contributed by atoms with Gasteiger partial charge in [0, 0.05) is 28.1 Å². The lowest BCUT2D eigenvalue weighted by Gasteiger charge is -2.11. The molecule has 0 aliphatic rings. The monoisotopic (exact) mass is 561 g/mol. The Morgan fingerprint density at radius 1 is 1.00 bits per heavy atom. The number of furan rings is 1. The normalized spacial score (nSPS) is 11.9. The van der Waals surface area contributed by atoms with Crippen LogP contribution in [0.4, 0.5) is 0 Å². The number of aromatic nitrogens is 3. The van der Waals surface area contributed by atoms with Gasteiger partial charge in [0.2, 0.25) is 4.80 Å². The largest absolute Gasteiger partial charge is 0.497 e. The van der Waals surface area contributed by atoms with Crippen molar-refractivity contribution in [1.82, 2.24) is 14.5 Å². The van der Waals surface area contributed by atoms with Crippen molar-refractivity contribution in [3.8, 4) is 39.9 Å². The molecule has 0 saturated carbocycles. The van der Waals surface area contributed by atoms with Gasteiger partial charge in [-0.1, -0.05) is 42.5 Å². The van der Waals surface area contributed by atoms with Crippen LogP contribution in [0, 0.1) is 0 Å². The van der Waals surface area contributed by atoms with Gasteiger partial charge >= 0.3 is 0 Å². The Bertz CT molecular complexity index is 1890. The molecule has 3 heterocycles. The number of thiazole rings is 1. The summed E-state index contributed by atoms with van der Waals surface area (Å²) >= 11 is 1.48. The average Bonchev–Trinajstić information content (AvgIpc) is 3.75. The summed E-state index contributed by atoms with van der Waals surface area (Å²) < 4.78 is 21.0. The second kappa shape index (κ2) is 11.5. The fraction of sp³-hybridized carbons (Fsp3) is 0.0938. The molecule has 0 fully saturated rings. The van der Waals surface area contributed by atoms with Crippen LogP contribution in [0.15, 0.2) is 118 Å². The van der Waals surface area contributed by atoms with Gasteiger partial charge in [0.15, 0.2) is 5.76 Å². The number of hydrogen-bond acceptors (Lipinski definition) is 7. The maximum atomic E-state index is 6.20. The Morgan fingerprint density at radius 2 is 1.83 bits per heavy atom. The molecule has 0 radical (unpaired) electrons. The maximum absolute atomic E-state index is 6.20. The fourth-order valence-electron chi connectivity index (χ4n) is 4.47. The molecule has 0 saturated heterocycles. The Kier molecular flexibility index (Phi) is 7.34. The fourth-order valence-corrected chi connectivity index (χ4v) is 5.30. The number of methoxy groups -OCH3 is 2. The lowest BCUT2D eigenvalue weighted by atomic mass is 10.1. The third-order valence-electron chi connectivity index (χ3n) is 6.46. The first kappa shape index (κ1) is 26.1. The highest BCUT2D eigenvalue weighted by atomic mass is 32.1. The number of rotatable bonds is 9. The van der Waals surface area contributed by atoms with Crippen molar-refractivity contribution in [2.24, 2.45) is 10.1 Å². The molecule has 6 aromatic rings. The molecule has 6 rings (SSSR count). The Balaban J connectivity index is 1.51. The standard InChI is InChI=1S/C32H27N5O3S/c1-4-16-33-32-37(27(21-41-32)26-18-25(38-2)14-15-29(26)39-3)34-19-23-20-36(24-11-6-5-7-12-24)35-31(23)30-17-22-10-8-9-13-28(22)40-30/h4-15,17-21H,1,16H2,2-3H3/b33-32?,34-19+. The van der Waals surface area contributed by atoms with Gasteiger partial charge in [-0.3, -0.25) is 4.99 Å². The van der Waals surface area contributed by atoms with Gasteiger partial charge in [0.05, 0.1) is 38.4 Å². The quantitative estimate of drug-likeness (QED) is 0.144. The molecule has 8 nitrogen and oxygen atoms in total. The first-order chi connectivity index (χ1) is 20.2. The number of para-hydroxylation sites is 2. The van der Waals surface area contributed by atoms with E-state index in [1.807, 2.05) is 95.1 Å². The molecular weight excluding hydrogens is 534 g/mol. The van der Waals surface area contributed by atoms with E-state index in [-0.39, 0.29) is 0 Å². The molecule has 0 bridgehead atoms. The van der Waals surface area contributed by atoms with Gasteiger partial charge < -0.3 is 13.9 Å². The Hall–Kier alpha value is -5.15. The highest BCUT2D eigenvalue weighted by molar-refractivity contribution is 7.07. The van der Waals surface area contributed by atoms with E-state index < -0.39 is 0 Å². The zero-order valence-electron chi connectivity index (χ0n) is 22.6. The highest BCUT2D eigenvalue weighted by Gasteiger charge is 2.17. The molecule has 0 amide bonds. The van der Waals surface area contributed by atoms with E-state index in [2.05, 4.69) is 11.6 Å². The second-order valence-corrected chi connectivity index (χ2v) is 9.85. The molecule has 41 heavy (non-hydrogen) atoms. The zero-order valence-corrected chi connectivity index (χ0v) is 23.4. The molecule has 0 unspecified atom stereocenters. The van der Waals surface area contributed by atoms with Crippen LogP contribution < -0.4 is 14.3 Å². The van der Waals surface area contributed by atoms with Gasteiger partial charge in [0.1, 0.15) is 22.8 Å². The van der Waals surface area contributed by atoms with Crippen LogP contribution in [0.2, 0.25) is 0 Å². The van der Waals surface area contributed by atoms with Crippen LogP contribution in [0.1, 0.15) is 5.56 Å². The van der Waals surface area contributed by atoms with Gasteiger partial charge in [-0.05, 0) is 42.5 Å². The molecule has 3 aromatic carbocycles. The molecule has 0 aliphatic carbocycles. The lowest BCUT2D eigenvalue weighted by Crippen LogP contribution is -2.12. The van der Waals surface area contributed by atoms with Gasteiger partial charge in [-0.15, -0.1) is 17.9 Å². The number of fused-ring (bicyclic) bond motifs is 1. The Morgan fingerprint density at radius 3 is 2.61 bits per heavy atom. The van der Waals surface area contributed by atoms with E-state index >= 15 is 0 Å². The van der Waals surface area contributed by atoms with Crippen LogP contribution in [0.5, 0.6) is 11.5 Å². The minimum Gasteiger partial charge on any atom is -0.497 e. The van der Waals surface area contributed by atoms with E-state index in [0.29, 0.717) is 34.3 Å². The number of benzene rings is 3. The minimum atomic E-state index is 0.459. The Labute approximate surface area is 240 Å². The van der Waals surface area contributed by atoms with Crippen molar-refractivity contribution in [2.45, 2.75) is 0 Å². The summed E-state index contributed by atoms with van der Waals surface area (Å²) in [6.45, 7) is 4.27. The van der Waals surface area contributed by atoms with Crippen molar-refractivity contribution < 1.29 is 13.9 Å². The summed E-state index contributed by atoms with van der Waals surface area (Å²) in [7, 11) is 3.28. The van der Waals surface area contributed by atoms with Gasteiger partial charge in [-0.2, -0.15) is 10.2 Å². The maximum Gasteiger partial charge on any atom is 0.206 e. The van der Waals surface area contributed by atoms with Gasteiger partial charge in [0.25, 0.3) is 0 Å². The first-order valence-corrected chi connectivity index (χ1v) is 13.8. The van der Waals surface area contributed by atoms with Crippen LogP contribution in [-0.2, 0) is 0 Å². The SMILES string of the molecule is C=CCN=c1scc(-c2cc(OC)ccc2OC)n1/N=C/c1cn(-c2ccccc2)nc1-c1cc2ccccc2o1. The van der Waals surface area contributed by atoms with Crippen molar-refractivity contribution >= 4 is 28.5 Å². The molecule has 0 aliphatic heterocycles. The summed E-state index contributed by atoms with van der Waals surface area (Å²) in [6.07, 6.45) is 5.48. The molecule has 9 heteroatoms. The van der Waals surface area contributed by atoms with Crippen LogP contribution in [0.3, 0.4) is 0 Å². The number of ether oxygens (including phenoxy) is 2. The average molecular weight is 562 g/mol. The van der Waals surface area contributed by atoms with Crippen molar-refractivity contribution in [3.05, 3.63) is 113 Å². The molecule has 3 aromatic heterocycles. The minimum absolute atomic E-state index is 0.459. The summed E-state index contributed by atoms with van der Waals surface area (Å²) in [4.78, 5) is 5.39. The van der Waals surface area contributed by atoms with Gasteiger partial charge in [-0.25, -0.2) is 9.36 Å². The molecule has 204 valence electrons. The summed E-state index contributed by atoms with van der Waals surface area (Å²) in [5.74, 6) is 2.06.